The van der Waals surface area contributed by atoms with Crippen LogP contribution in [0.1, 0.15) is 23.7 Å². The first-order valence-corrected chi connectivity index (χ1v) is 7.36. The third kappa shape index (κ3) is 4.03. The van der Waals surface area contributed by atoms with Crippen LogP contribution in [0.5, 0.6) is 17.2 Å². The van der Waals surface area contributed by atoms with Gasteiger partial charge in [0.05, 0.1) is 26.9 Å². The van der Waals surface area contributed by atoms with E-state index in [1.165, 1.54) is 21.3 Å². The average Bonchev–Trinajstić information content (AvgIpc) is 2.45. The molecule has 1 N–H and O–H groups in total. The summed E-state index contributed by atoms with van der Waals surface area (Å²) in [6, 6.07) is 3.33. The molecule has 20 heavy (non-hydrogen) atoms. The van der Waals surface area contributed by atoms with Gasteiger partial charge in [0, 0.05) is 23.5 Å². The van der Waals surface area contributed by atoms with Gasteiger partial charge in [-0.3, -0.25) is 4.79 Å². The summed E-state index contributed by atoms with van der Waals surface area (Å²) in [6.45, 7) is 1.95. The minimum atomic E-state index is -0.198. The maximum absolute atomic E-state index is 12.3. The second-order valence-corrected chi connectivity index (χ2v) is 5.05. The molecule has 0 fully saturated rings. The van der Waals surface area contributed by atoms with E-state index in [0.29, 0.717) is 22.8 Å². The molecule has 0 bridgehead atoms. The standard InChI is InChI=1S/C14H20BrNO4/c1-9(5-6-15)16-14(17)10-7-12(19-3)13(20-4)8-11(10)18-2/h7-9H,5-6H2,1-4H3,(H,16,17). The van der Waals surface area contributed by atoms with Crippen molar-refractivity contribution in [3.8, 4) is 17.2 Å². The average molecular weight is 346 g/mol. The molecule has 0 aliphatic rings. The highest BCUT2D eigenvalue weighted by Crippen LogP contribution is 2.34. The first kappa shape index (κ1) is 16.6. The number of methoxy groups -OCH3 is 3. The quantitative estimate of drug-likeness (QED) is 0.771. The SMILES string of the molecule is COc1cc(OC)c(C(=O)NC(C)CCBr)cc1OC. The van der Waals surface area contributed by atoms with Gasteiger partial charge in [-0.1, -0.05) is 15.9 Å². The highest BCUT2D eigenvalue weighted by Gasteiger charge is 2.18. The van der Waals surface area contributed by atoms with Crippen LogP contribution in [0.15, 0.2) is 12.1 Å². The molecule has 112 valence electrons. The van der Waals surface area contributed by atoms with Crippen molar-refractivity contribution < 1.29 is 19.0 Å². The van der Waals surface area contributed by atoms with Crippen LogP contribution in [0.3, 0.4) is 0 Å². The van der Waals surface area contributed by atoms with Gasteiger partial charge < -0.3 is 19.5 Å². The Hall–Kier alpha value is -1.43. The number of hydrogen-bond donors (Lipinski definition) is 1. The molecule has 6 heteroatoms. The third-order valence-electron chi connectivity index (χ3n) is 2.87. The number of carbonyl (C=O) groups excluding carboxylic acids is 1. The predicted octanol–water partition coefficient (Wildman–Crippen LogP) is 2.62. The van der Waals surface area contributed by atoms with Crippen molar-refractivity contribution in [2.45, 2.75) is 19.4 Å². The fraction of sp³-hybridized carbons (Fsp3) is 0.500. The Kier molecular flexibility index (Phi) is 6.64. The summed E-state index contributed by atoms with van der Waals surface area (Å²) in [5.74, 6) is 1.27. The lowest BCUT2D eigenvalue weighted by Gasteiger charge is -2.16. The van der Waals surface area contributed by atoms with Crippen LogP contribution in [0, 0.1) is 0 Å². The molecule has 0 aromatic heterocycles. The summed E-state index contributed by atoms with van der Waals surface area (Å²) in [4.78, 5) is 12.3. The van der Waals surface area contributed by atoms with Crippen molar-refractivity contribution in [2.24, 2.45) is 0 Å². The van der Waals surface area contributed by atoms with Gasteiger partial charge in [-0.2, -0.15) is 0 Å². The van der Waals surface area contributed by atoms with Crippen molar-refractivity contribution in [2.75, 3.05) is 26.7 Å². The van der Waals surface area contributed by atoms with Gasteiger partial charge >= 0.3 is 0 Å². The van der Waals surface area contributed by atoms with E-state index in [1.54, 1.807) is 12.1 Å². The van der Waals surface area contributed by atoms with E-state index in [1.807, 2.05) is 6.92 Å². The van der Waals surface area contributed by atoms with E-state index in [4.69, 9.17) is 14.2 Å². The smallest absolute Gasteiger partial charge is 0.255 e. The number of benzene rings is 1. The zero-order valence-electron chi connectivity index (χ0n) is 12.2. The molecular weight excluding hydrogens is 326 g/mol. The molecule has 1 atom stereocenters. The molecule has 1 rings (SSSR count). The number of nitrogens with one attached hydrogen (secondary N) is 1. The number of rotatable bonds is 7. The van der Waals surface area contributed by atoms with E-state index in [2.05, 4.69) is 21.2 Å². The molecule has 0 aliphatic carbocycles. The van der Waals surface area contributed by atoms with E-state index < -0.39 is 0 Å². The normalized spacial score (nSPS) is 11.7. The Balaban J connectivity index is 3.06. The Morgan fingerprint density at radius 3 is 2.20 bits per heavy atom. The zero-order valence-corrected chi connectivity index (χ0v) is 13.7. The molecule has 0 heterocycles. The van der Waals surface area contributed by atoms with Gasteiger partial charge in [0.15, 0.2) is 11.5 Å². The fourth-order valence-electron chi connectivity index (χ4n) is 1.74. The molecule has 0 saturated carbocycles. The molecule has 0 spiro atoms. The van der Waals surface area contributed by atoms with Crippen LogP contribution in [-0.2, 0) is 0 Å². The molecule has 1 aromatic rings. The summed E-state index contributed by atoms with van der Waals surface area (Å²) in [5, 5.41) is 3.75. The molecular formula is C14H20BrNO4. The highest BCUT2D eigenvalue weighted by molar-refractivity contribution is 9.09. The molecule has 1 unspecified atom stereocenters. The summed E-state index contributed by atoms with van der Waals surface area (Å²) < 4.78 is 15.6. The first-order chi connectivity index (χ1) is 9.57. The molecule has 0 aliphatic heterocycles. The summed E-state index contributed by atoms with van der Waals surface area (Å²) in [6.07, 6.45) is 0.849. The summed E-state index contributed by atoms with van der Waals surface area (Å²) in [7, 11) is 4.58. The number of ether oxygens (including phenoxy) is 3. The molecule has 0 saturated heterocycles. The van der Waals surface area contributed by atoms with Crippen molar-refractivity contribution in [1.82, 2.24) is 5.32 Å². The van der Waals surface area contributed by atoms with Gasteiger partial charge in [-0.15, -0.1) is 0 Å². The van der Waals surface area contributed by atoms with Crippen LogP contribution < -0.4 is 19.5 Å². The lowest BCUT2D eigenvalue weighted by Crippen LogP contribution is -2.33. The Morgan fingerprint density at radius 1 is 1.15 bits per heavy atom. The Labute approximate surface area is 127 Å². The van der Waals surface area contributed by atoms with Crippen LogP contribution in [0.4, 0.5) is 0 Å². The Morgan fingerprint density at radius 2 is 1.70 bits per heavy atom. The van der Waals surface area contributed by atoms with Crippen LogP contribution in [0.25, 0.3) is 0 Å². The zero-order chi connectivity index (χ0) is 15.1. The van der Waals surface area contributed by atoms with Gasteiger partial charge in [0.2, 0.25) is 0 Å². The fourth-order valence-corrected chi connectivity index (χ4v) is 2.43. The van der Waals surface area contributed by atoms with Crippen LogP contribution >= 0.6 is 15.9 Å². The number of carbonyl (C=O) groups is 1. The maximum atomic E-state index is 12.3. The molecule has 5 nitrogen and oxygen atoms in total. The van der Waals surface area contributed by atoms with Crippen molar-refractivity contribution in [1.29, 1.82) is 0 Å². The maximum Gasteiger partial charge on any atom is 0.255 e. The van der Waals surface area contributed by atoms with Gasteiger partial charge in [-0.25, -0.2) is 0 Å². The van der Waals surface area contributed by atoms with E-state index >= 15 is 0 Å². The van der Waals surface area contributed by atoms with Gasteiger partial charge in [0.25, 0.3) is 5.91 Å². The van der Waals surface area contributed by atoms with E-state index in [9.17, 15) is 4.79 Å². The minimum absolute atomic E-state index is 0.0691. The van der Waals surface area contributed by atoms with Crippen LogP contribution in [-0.4, -0.2) is 38.6 Å². The topological polar surface area (TPSA) is 56.8 Å². The predicted molar refractivity (Wildman–Crippen MR) is 81.4 cm³/mol. The van der Waals surface area contributed by atoms with Crippen LogP contribution in [0.2, 0.25) is 0 Å². The molecule has 0 radical (unpaired) electrons. The second kappa shape index (κ2) is 7.99. The van der Waals surface area contributed by atoms with E-state index in [-0.39, 0.29) is 11.9 Å². The van der Waals surface area contributed by atoms with Gasteiger partial charge in [0.1, 0.15) is 5.75 Å². The third-order valence-corrected chi connectivity index (χ3v) is 3.33. The summed E-state index contributed by atoms with van der Waals surface area (Å²) in [5.41, 5.74) is 0.423. The summed E-state index contributed by atoms with van der Waals surface area (Å²) >= 11 is 3.35. The number of hydrogen-bond acceptors (Lipinski definition) is 4. The lowest BCUT2D eigenvalue weighted by molar-refractivity contribution is 0.0936. The number of halogens is 1. The van der Waals surface area contributed by atoms with Crippen molar-refractivity contribution in [3.63, 3.8) is 0 Å². The van der Waals surface area contributed by atoms with Crippen molar-refractivity contribution in [3.05, 3.63) is 17.7 Å². The second-order valence-electron chi connectivity index (χ2n) is 4.26. The Bertz CT molecular complexity index is 465. The highest BCUT2D eigenvalue weighted by atomic mass is 79.9. The first-order valence-electron chi connectivity index (χ1n) is 6.24. The largest absolute Gasteiger partial charge is 0.496 e. The number of alkyl halides is 1. The lowest BCUT2D eigenvalue weighted by atomic mass is 10.1. The van der Waals surface area contributed by atoms with E-state index in [0.717, 1.165) is 11.8 Å². The number of amides is 1. The van der Waals surface area contributed by atoms with Gasteiger partial charge in [-0.05, 0) is 13.3 Å². The molecule has 1 aromatic carbocycles. The molecule has 1 amide bonds. The van der Waals surface area contributed by atoms with Crippen molar-refractivity contribution >= 4 is 21.8 Å². The monoisotopic (exact) mass is 345 g/mol. The minimum Gasteiger partial charge on any atom is -0.496 e.